The van der Waals surface area contributed by atoms with Crippen molar-refractivity contribution in [2.24, 2.45) is 0 Å². The quantitative estimate of drug-likeness (QED) is 0.365. The summed E-state index contributed by atoms with van der Waals surface area (Å²) in [7, 11) is 0. The number of halogens is 2. The molecule has 0 N–H and O–H groups in total. The Morgan fingerprint density at radius 2 is 1.09 bits per heavy atom. The van der Waals surface area contributed by atoms with E-state index in [9.17, 15) is 0 Å². The number of hydrogen-bond donors (Lipinski definition) is 0. The van der Waals surface area contributed by atoms with E-state index >= 15 is 0 Å². The van der Waals surface area contributed by atoms with E-state index in [1.54, 1.807) is 22.3 Å². The van der Waals surface area contributed by atoms with E-state index in [4.69, 9.17) is 0 Å². The zero-order chi connectivity index (χ0) is 21.1. The second-order valence-corrected chi connectivity index (χ2v) is 29.5. The number of rotatable bonds is 9. The molecule has 2 unspecified atom stereocenters. The van der Waals surface area contributed by atoms with E-state index in [1.807, 2.05) is 0 Å². The summed E-state index contributed by atoms with van der Waals surface area (Å²) < 4.78 is 1.62. The van der Waals surface area contributed by atoms with Crippen molar-refractivity contribution in [2.45, 2.75) is 72.7 Å². The Morgan fingerprint density at radius 1 is 0.688 bits per heavy atom. The Kier molecular flexibility index (Phi) is 11.6. The summed E-state index contributed by atoms with van der Waals surface area (Å²) in [6, 6.07) is 18.8. The summed E-state index contributed by atoms with van der Waals surface area (Å²) in [6.07, 6.45) is 13.1. The largest absolute Gasteiger partial charge is 1.00 e. The maximum absolute atomic E-state index is 2.69. The molecule has 2 aliphatic carbocycles. The van der Waals surface area contributed by atoms with Gasteiger partial charge in [0.05, 0.1) is 0 Å². The molecule has 0 saturated heterocycles. The van der Waals surface area contributed by atoms with E-state index in [2.05, 4.69) is 87.6 Å². The Balaban J connectivity index is 0.00000181. The van der Waals surface area contributed by atoms with Crippen molar-refractivity contribution < 1.29 is 54.9 Å². The molecule has 0 amide bonds. The van der Waals surface area contributed by atoms with Crippen LogP contribution in [-0.4, -0.2) is 5.92 Å². The second kappa shape index (κ2) is 13.2. The molecule has 0 fully saturated rings. The van der Waals surface area contributed by atoms with Crippen LogP contribution in [0.25, 0.3) is 12.2 Å². The predicted octanol–water partition coefficient (Wildman–Crippen LogP) is 2.25. The standard InChI is InChI=1S/2C13H15.C2H7Si.2BrH.Zr/c2*1-2-3-6-11-9-12-7-4-5-8-13(12)10-11;1-3-2;;;/h2*4-5,7-10H,2-3,6H2,1H3;3H,1-2H3;2*1H;/q;;;;;+2/p-2. The fourth-order valence-corrected chi connectivity index (χ4v) is 28.5. The van der Waals surface area contributed by atoms with Crippen molar-refractivity contribution in [3.8, 4) is 0 Å². The monoisotopic (exact) mass is 649 g/mol. The van der Waals surface area contributed by atoms with Crippen molar-refractivity contribution >= 4 is 18.1 Å². The van der Waals surface area contributed by atoms with Crippen molar-refractivity contribution in [1.29, 1.82) is 0 Å². The first-order valence-corrected chi connectivity index (χ1v) is 22.1. The van der Waals surface area contributed by atoms with Crippen LogP contribution in [0.5, 0.6) is 0 Å². The maximum Gasteiger partial charge on any atom is -1.00 e. The number of allylic oxidation sites excluding steroid dienone is 2. The molecule has 2 aliphatic rings. The third kappa shape index (κ3) is 5.78. The van der Waals surface area contributed by atoms with Crippen LogP contribution in [0.15, 0.2) is 59.7 Å². The maximum atomic E-state index is 2.69. The van der Waals surface area contributed by atoms with Crippen LogP contribution in [0.3, 0.4) is 0 Å². The molecule has 0 saturated carbocycles. The average Bonchev–Trinajstić information content (AvgIpc) is 3.30. The van der Waals surface area contributed by atoms with Gasteiger partial charge in [0.15, 0.2) is 0 Å². The summed E-state index contributed by atoms with van der Waals surface area (Å²) in [4.78, 5) is 0. The molecule has 0 spiro atoms. The number of benzene rings is 2. The average molecular weight is 653 g/mol. The van der Waals surface area contributed by atoms with Gasteiger partial charge in [0, 0.05) is 0 Å². The third-order valence-corrected chi connectivity index (χ3v) is 28.7. The Bertz CT molecular complexity index is 876. The summed E-state index contributed by atoms with van der Waals surface area (Å²) in [5.41, 5.74) is 10.1. The zero-order valence-electron chi connectivity index (χ0n) is 20.0. The molecule has 171 valence electrons. The summed E-state index contributed by atoms with van der Waals surface area (Å²) in [6.45, 7) is 10.1. The summed E-state index contributed by atoms with van der Waals surface area (Å²) >= 11 is -1.85. The van der Waals surface area contributed by atoms with Gasteiger partial charge < -0.3 is 34.0 Å². The number of fused-ring (bicyclic) bond motifs is 2. The zero-order valence-corrected chi connectivity index (χ0v) is 26.8. The van der Waals surface area contributed by atoms with Crippen LogP contribution in [-0.2, 0) is 20.9 Å². The van der Waals surface area contributed by atoms with Crippen LogP contribution in [0, 0.1) is 0 Å². The van der Waals surface area contributed by atoms with Gasteiger partial charge >= 0.3 is 194 Å². The van der Waals surface area contributed by atoms with Crippen molar-refractivity contribution in [2.75, 3.05) is 0 Å². The molecular formula is C28H37Br2SiZr. The normalized spacial score (nSPS) is 18.3. The first-order chi connectivity index (χ1) is 14.7. The van der Waals surface area contributed by atoms with Crippen molar-refractivity contribution in [1.82, 2.24) is 0 Å². The smallest absolute Gasteiger partial charge is 1.00 e. The van der Waals surface area contributed by atoms with Gasteiger partial charge in [0.2, 0.25) is 0 Å². The molecule has 0 aromatic heterocycles. The van der Waals surface area contributed by atoms with Crippen LogP contribution in [0.4, 0.5) is 0 Å². The topological polar surface area (TPSA) is 0 Å². The van der Waals surface area contributed by atoms with Gasteiger partial charge in [-0.1, -0.05) is 0 Å². The third-order valence-electron chi connectivity index (χ3n) is 7.01. The SMILES string of the molecule is CCCCC1=Cc2ccccc2[CH]1[Zr+2]([CH]1C(CCCC)=Cc2ccccc21)[SiH](C)C.[Br-].[Br-]. The van der Waals surface area contributed by atoms with Crippen LogP contribution < -0.4 is 34.0 Å². The minimum atomic E-state index is -1.85. The molecule has 2 aromatic rings. The molecular weight excluding hydrogens is 615 g/mol. The molecule has 4 heteroatoms. The van der Waals surface area contributed by atoms with E-state index < -0.39 is 26.8 Å². The van der Waals surface area contributed by atoms with Gasteiger partial charge in [-0.15, -0.1) is 0 Å². The molecule has 0 bridgehead atoms. The van der Waals surface area contributed by atoms with Gasteiger partial charge in [-0.2, -0.15) is 0 Å². The fourth-order valence-electron chi connectivity index (χ4n) is 5.59. The minimum Gasteiger partial charge on any atom is -1.00 e. The molecule has 0 nitrogen and oxygen atoms in total. The summed E-state index contributed by atoms with van der Waals surface area (Å²) in [5, 5.41) is 0. The number of unbranched alkanes of at least 4 members (excludes halogenated alkanes) is 2. The summed E-state index contributed by atoms with van der Waals surface area (Å²) in [5.74, 6) is -0.739. The van der Waals surface area contributed by atoms with Gasteiger partial charge in [0.1, 0.15) is 0 Å². The molecule has 32 heavy (non-hydrogen) atoms. The number of hydrogen-bond acceptors (Lipinski definition) is 0. The Labute approximate surface area is 225 Å². The van der Waals surface area contributed by atoms with E-state index in [0.717, 1.165) is 7.25 Å². The van der Waals surface area contributed by atoms with Gasteiger partial charge in [-0.3, -0.25) is 0 Å². The first kappa shape index (κ1) is 28.2. The van der Waals surface area contributed by atoms with Crippen LogP contribution in [0.2, 0.25) is 13.1 Å². The first-order valence-electron chi connectivity index (χ1n) is 12.1. The Morgan fingerprint density at radius 3 is 1.47 bits per heavy atom. The van der Waals surface area contributed by atoms with Crippen molar-refractivity contribution in [3.63, 3.8) is 0 Å². The molecule has 4 rings (SSSR count). The van der Waals surface area contributed by atoms with E-state index in [0.29, 0.717) is 0 Å². The van der Waals surface area contributed by atoms with Crippen molar-refractivity contribution in [3.05, 3.63) is 81.9 Å². The van der Waals surface area contributed by atoms with E-state index in [1.165, 1.54) is 49.7 Å². The second-order valence-electron chi connectivity index (χ2n) is 9.42. The Hall–Kier alpha value is -0.0200. The van der Waals surface area contributed by atoms with Gasteiger partial charge in [-0.05, 0) is 0 Å². The van der Waals surface area contributed by atoms with E-state index in [-0.39, 0.29) is 34.0 Å². The molecule has 2 atom stereocenters. The predicted molar refractivity (Wildman–Crippen MR) is 132 cm³/mol. The van der Waals surface area contributed by atoms with Crippen LogP contribution >= 0.6 is 0 Å². The minimum absolute atomic E-state index is 0. The molecule has 0 heterocycles. The van der Waals surface area contributed by atoms with Gasteiger partial charge in [0.25, 0.3) is 0 Å². The van der Waals surface area contributed by atoms with Crippen LogP contribution in [0.1, 0.15) is 81.9 Å². The molecule has 2 aromatic carbocycles. The molecule has 0 radical (unpaired) electrons. The fraction of sp³-hybridized carbons (Fsp3) is 0.429. The molecule has 0 aliphatic heterocycles. The van der Waals surface area contributed by atoms with Gasteiger partial charge in [-0.25, -0.2) is 0 Å².